The van der Waals surface area contributed by atoms with Crippen molar-refractivity contribution in [3.8, 4) is 21.6 Å². The fourth-order valence-corrected chi connectivity index (χ4v) is 10.3. The topological polar surface area (TPSA) is 3.24 Å². The Hall–Kier alpha value is -6.74. The molecule has 0 fully saturated rings. The van der Waals surface area contributed by atoms with Gasteiger partial charge in [-0.25, -0.2) is 0 Å². The van der Waals surface area contributed by atoms with E-state index in [1.54, 1.807) is 0 Å². The summed E-state index contributed by atoms with van der Waals surface area (Å²) in [6, 6.07) is 78.3. The number of nitrogens with zero attached hydrogens (tertiary/aromatic N) is 1. The van der Waals surface area contributed by atoms with Crippen molar-refractivity contribution >= 4 is 60.0 Å². The number of rotatable bonds is 6. The van der Waals surface area contributed by atoms with Crippen LogP contribution in [0.5, 0.6) is 0 Å². The molecule has 0 atom stereocenters. The van der Waals surface area contributed by atoms with E-state index in [4.69, 9.17) is 0 Å². The molecule has 0 bridgehead atoms. The predicted molar refractivity (Wildman–Crippen MR) is 234 cm³/mol. The first-order valence-electron chi connectivity index (χ1n) is 18.9. The molecule has 0 spiro atoms. The highest BCUT2D eigenvalue weighted by Crippen LogP contribution is 2.61. The van der Waals surface area contributed by atoms with Gasteiger partial charge in [0.25, 0.3) is 0 Å². The zero-order valence-electron chi connectivity index (χ0n) is 30.1. The van der Waals surface area contributed by atoms with E-state index in [1.807, 2.05) is 11.3 Å². The molecule has 11 rings (SSSR count). The second kappa shape index (κ2) is 12.7. The van der Waals surface area contributed by atoms with Crippen LogP contribution in [0, 0.1) is 0 Å². The van der Waals surface area contributed by atoms with Crippen molar-refractivity contribution in [3.63, 3.8) is 0 Å². The molecule has 9 aromatic carbocycles. The van der Waals surface area contributed by atoms with Crippen LogP contribution in [0.3, 0.4) is 0 Å². The smallest absolute Gasteiger partial charge is 0.0728 e. The van der Waals surface area contributed by atoms with E-state index in [9.17, 15) is 0 Å². The van der Waals surface area contributed by atoms with E-state index in [2.05, 4.69) is 217 Å². The molecule has 0 saturated heterocycles. The van der Waals surface area contributed by atoms with E-state index in [1.165, 1.54) is 75.5 Å². The molecular formula is C53H35NS. The first-order valence-corrected chi connectivity index (χ1v) is 19.7. The highest BCUT2D eigenvalue weighted by Gasteiger charge is 2.48. The van der Waals surface area contributed by atoms with Crippen molar-refractivity contribution in [2.75, 3.05) is 4.90 Å². The average Bonchev–Trinajstić information content (AvgIpc) is 3.78. The minimum Gasteiger partial charge on any atom is -0.310 e. The van der Waals surface area contributed by atoms with Crippen molar-refractivity contribution in [2.45, 2.75) is 5.41 Å². The quantitative estimate of drug-likeness (QED) is 0.166. The largest absolute Gasteiger partial charge is 0.310 e. The molecular weight excluding hydrogens is 683 g/mol. The lowest BCUT2D eigenvalue weighted by atomic mass is 9.67. The Morgan fingerprint density at radius 2 is 0.927 bits per heavy atom. The van der Waals surface area contributed by atoms with Gasteiger partial charge < -0.3 is 4.90 Å². The molecule has 0 unspecified atom stereocenters. The summed E-state index contributed by atoms with van der Waals surface area (Å²) in [5.41, 5.74) is 11.9. The van der Waals surface area contributed by atoms with E-state index in [0.717, 1.165) is 17.1 Å². The fraction of sp³-hybridized carbons (Fsp3) is 0.0189. The Balaban J connectivity index is 1.12. The van der Waals surface area contributed by atoms with Gasteiger partial charge in [0.1, 0.15) is 0 Å². The number of fused-ring (bicyclic) bond motifs is 7. The van der Waals surface area contributed by atoms with Gasteiger partial charge in [-0.3, -0.25) is 0 Å². The second-order valence-corrected chi connectivity index (χ2v) is 15.5. The molecule has 1 nitrogen and oxygen atoms in total. The molecule has 55 heavy (non-hydrogen) atoms. The Kier molecular flexibility index (Phi) is 7.33. The van der Waals surface area contributed by atoms with Crippen molar-refractivity contribution in [1.82, 2.24) is 0 Å². The van der Waals surface area contributed by atoms with E-state index in [-0.39, 0.29) is 0 Å². The van der Waals surface area contributed by atoms with Crippen molar-refractivity contribution in [3.05, 3.63) is 235 Å². The summed E-state index contributed by atoms with van der Waals surface area (Å²) >= 11 is 1.92. The van der Waals surface area contributed by atoms with Gasteiger partial charge >= 0.3 is 0 Å². The summed E-state index contributed by atoms with van der Waals surface area (Å²) < 4.78 is 1.33. The lowest BCUT2D eigenvalue weighted by Crippen LogP contribution is -2.28. The molecule has 10 aromatic rings. The number of hydrogen-bond acceptors (Lipinski definition) is 2. The molecule has 1 heterocycles. The Morgan fingerprint density at radius 1 is 0.382 bits per heavy atom. The molecule has 0 amide bonds. The molecule has 0 radical (unpaired) electrons. The molecule has 1 aliphatic carbocycles. The van der Waals surface area contributed by atoms with E-state index in [0.29, 0.717) is 0 Å². The van der Waals surface area contributed by atoms with Crippen LogP contribution >= 0.6 is 11.3 Å². The standard InChI is InChI=1S/C53H35NS/c1-3-19-42(20-4-1)53(43-21-5-2-6-22-43)49-35-41(28-31-47(49)52-51(53)48-24-11-12-25-50(48)55-52)40-18-13-23-44(34-40)54(45-29-26-36-14-7-9-16-38(36)32-45)46-30-27-37-15-8-10-17-39(37)33-46/h1-35H. The summed E-state index contributed by atoms with van der Waals surface area (Å²) in [6.07, 6.45) is 0. The molecule has 0 saturated carbocycles. The summed E-state index contributed by atoms with van der Waals surface area (Å²) in [6.45, 7) is 0. The molecule has 1 aliphatic rings. The van der Waals surface area contributed by atoms with Crippen LogP contribution in [0.25, 0.3) is 53.2 Å². The summed E-state index contributed by atoms with van der Waals surface area (Å²) in [4.78, 5) is 3.76. The first kappa shape index (κ1) is 31.8. The molecule has 2 heteroatoms. The summed E-state index contributed by atoms with van der Waals surface area (Å²) in [5, 5.41) is 6.24. The summed E-state index contributed by atoms with van der Waals surface area (Å²) in [7, 11) is 0. The number of hydrogen-bond donors (Lipinski definition) is 0. The minimum absolute atomic E-state index is 0.470. The van der Waals surface area contributed by atoms with Crippen LogP contribution in [-0.2, 0) is 5.41 Å². The zero-order valence-corrected chi connectivity index (χ0v) is 30.9. The van der Waals surface area contributed by atoms with Gasteiger partial charge in [0, 0.05) is 26.6 Å². The van der Waals surface area contributed by atoms with Crippen LogP contribution in [0.15, 0.2) is 212 Å². The minimum atomic E-state index is -0.470. The molecule has 258 valence electrons. The van der Waals surface area contributed by atoms with Crippen LogP contribution in [0.2, 0.25) is 0 Å². The fourth-order valence-electron chi connectivity index (χ4n) is 9.02. The third-order valence-electron chi connectivity index (χ3n) is 11.5. The van der Waals surface area contributed by atoms with Crippen LogP contribution in [-0.4, -0.2) is 0 Å². The zero-order chi connectivity index (χ0) is 36.3. The average molecular weight is 718 g/mol. The highest BCUT2D eigenvalue weighted by molar-refractivity contribution is 7.22. The number of thiophene rings is 1. The lowest BCUT2D eigenvalue weighted by Gasteiger charge is -2.34. The van der Waals surface area contributed by atoms with Crippen LogP contribution in [0.1, 0.15) is 22.3 Å². The predicted octanol–water partition coefficient (Wildman–Crippen LogP) is 14.7. The summed E-state index contributed by atoms with van der Waals surface area (Å²) in [5.74, 6) is 0. The van der Waals surface area contributed by atoms with E-state index < -0.39 is 5.41 Å². The van der Waals surface area contributed by atoms with Gasteiger partial charge in [0.15, 0.2) is 0 Å². The van der Waals surface area contributed by atoms with E-state index >= 15 is 0 Å². The van der Waals surface area contributed by atoms with Gasteiger partial charge in [-0.1, -0.05) is 164 Å². The third-order valence-corrected chi connectivity index (χ3v) is 12.7. The Bertz CT molecular complexity index is 2930. The second-order valence-electron chi connectivity index (χ2n) is 14.5. The lowest BCUT2D eigenvalue weighted by molar-refractivity contribution is 0.777. The molecule has 1 aromatic heterocycles. The van der Waals surface area contributed by atoms with Crippen LogP contribution < -0.4 is 4.90 Å². The van der Waals surface area contributed by atoms with Crippen molar-refractivity contribution in [1.29, 1.82) is 0 Å². The van der Waals surface area contributed by atoms with Gasteiger partial charge in [0.2, 0.25) is 0 Å². The SMILES string of the molecule is c1ccc(C2(c3ccccc3)c3cc(-c4cccc(N(c5ccc6ccccc6c5)c5ccc6ccccc6c5)c4)ccc3-c3sc4ccccc4c32)cc1. The number of benzene rings is 9. The molecule has 0 aliphatic heterocycles. The maximum absolute atomic E-state index is 2.48. The van der Waals surface area contributed by atoms with Gasteiger partial charge in [-0.05, 0) is 114 Å². The van der Waals surface area contributed by atoms with Crippen LogP contribution in [0.4, 0.5) is 17.1 Å². The normalized spacial score (nSPS) is 12.9. The maximum Gasteiger partial charge on any atom is 0.0728 e. The third kappa shape index (κ3) is 4.99. The monoisotopic (exact) mass is 717 g/mol. The van der Waals surface area contributed by atoms with Crippen molar-refractivity contribution in [2.24, 2.45) is 0 Å². The Morgan fingerprint density at radius 3 is 1.58 bits per heavy atom. The van der Waals surface area contributed by atoms with Crippen molar-refractivity contribution < 1.29 is 0 Å². The van der Waals surface area contributed by atoms with Gasteiger partial charge in [0.05, 0.1) is 5.41 Å². The highest BCUT2D eigenvalue weighted by atomic mass is 32.1. The maximum atomic E-state index is 2.48. The van der Waals surface area contributed by atoms with Gasteiger partial charge in [-0.15, -0.1) is 11.3 Å². The first-order chi connectivity index (χ1) is 27.3. The Labute approximate surface area is 325 Å². The molecule has 0 N–H and O–H groups in total. The van der Waals surface area contributed by atoms with Gasteiger partial charge in [-0.2, -0.15) is 0 Å². The number of anilines is 3.